The van der Waals surface area contributed by atoms with Crippen LogP contribution in [0.5, 0.6) is 0 Å². The molecule has 0 radical (unpaired) electrons. The minimum atomic E-state index is -3.52. The zero-order valence-corrected chi connectivity index (χ0v) is 11.3. The summed E-state index contributed by atoms with van der Waals surface area (Å²) in [4.78, 5) is 0.235. The van der Waals surface area contributed by atoms with Crippen molar-refractivity contribution in [1.29, 1.82) is 0 Å². The van der Waals surface area contributed by atoms with Gasteiger partial charge >= 0.3 is 0 Å². The van der Waals surface area contributed by atoms with Gasteiger partial charge in [-0.1, -0.05) is 12.2 Å². The molecular weight excluding hydrogens is 253 g/mol. The van der Waals surface area contributed by atoms with Crippen molar-refractivity contribution < 1.29 is 12.8 Å². The Balaban J connectivity index is 2.51. The third kappa shape index (κ3) is 2.33. The van der Waals surface area contributed by atoms with Crippen LogP contribution in [0.4, 0.5) is 4.39 Å². The van der Waals surface area contributed by atoms with E-state index in [1.807, 2.05) is 12.2 Å². The summed E-state index contributed by atoms with van der Waals surface area (Å²) in [5, 5.41) is 0. The Hall–Kier alpha value is -1.20. The highest BCUT2D eigenvalue weighted by atomic mass is 32.2. The molecule has 0 bridgehead atoms. The first-order valence-electron chi connectivity index (χ1n) is 5.85. The quantitative estimate of drug-likeness (QED) is 0.773. The Morgan fingerprint density at radius 3 is 2.28 bits per heavy atom. The van der Waals surface area contributed by atoms with Crippen molar-refractivity contribution in [3.8, 4) is 0 Å². The topological polar surface area (TPSA) is 37.4 Å². The van der Waals surface area contributed by atoms with Gasteiger partial charge in [0.05, 0.1) is 4.90 Å². The summed E-state index contributed by atoms with van der Waals surface area (Å²) >= 11 is 0. The van der Waals surface area contributed by atoms with Gasteiger partial charge in [-0.05, 0) is 43.5 Å². The molecule has 0 amide bonds. The third-order valence-corrected chi connectivity index (χ3v) is 5.22. The normalized spacial score (nSPS) is 17.1. The Kier molecular flexibility index (Phi) is 3.54. The number of hydrogen-bond donors (Lipinski definition) is 0. The van der Waals surface area contributed by atoms with Crippen molar-refractivity contribution in [2.45, 2.75) is 25.2 Å². The predicted octanol–water partition coefficient (Wildman–Crippen LogP) is 2.39. The van der Waals surface area contributed by atoms with Gasteiger partial charge in [0.2, 0.25) is 10.0 Å². The summed E-state index contributed by atoms with van der Waals surface area (Å²) in [7, 11) is -3.52. The lowest BCUT2D eigenvalue weighted by molar-refractivity contribution is 0.436. The van der Waals surface area contributed by atoms with Gasteiger partial charge in [0.25, 0.3) is 0 Å². The van der Waals surface area contributed by atoms with Gasteiger partial charge < -0.3 is 0 Å². The van der Waals surface area contributed by atoms with E-state index in [2.05, 4.69) is 0 Å². The number of halogens is 1. The molecule has 0 fully saturated rings. The van der Waals surface area contributed by atoms with Gasteiger partial charge in [-0.2, -0.15) is 4.31 Å². The summed E-state index contributed by atoms with van der Waals surface area (Å²) in [6.45, 7) is 4.12. The first kappa shape index (κ1) is 13.2. The monoisotopic (exact) mass is 269 g/mol. The molecule has 0 saturated carbocycles. The van der Waals surface area contributed by atoms with Crippen LogP contribution < -0.4 is 0 Å². The molecule has 0 N–H and O–H groups in total. The van der Waals surface area contributed by atoms with Gasteiger partial charge in [-0.15, -0.1) is 0 Å². The molecule has 2 rings (SSSR count). The largest absolute Gasteiger partial charge is 0.243 e. The second kappa shape index (κ2) is 4.82. The molecule has 5 heteroatoms. The molecule has 98 valence electrons. The van der Waals surface area contributed by atoms with E-state index >= 15 is 0 Å². The molecule has 0 atom stereocenters. The number of nitrogens with zero attached hydrogens (tertiary/aromatic N) is 1. The first-order chi connectivity index (χ1) is 8.43. The van der Waals surface area contributed by atoms with Crippen LogP contribution in [0.1, 0.15) is 17.5 Å². The summed E-state index contributed by atoms with van der Waals surface area (Å²) < 4.78 is 39.7. The predicted molar refractivity (Wildman–Crippen MR) is 68.4 cm³/mol. The highest BCUT2D eigenvalue weighted by Crippen LogP contribution is 2.25. The molecule has 0 spiro atoms. The molecule has 1 aliphatic rings. The van der Waals surface area contributed by atoms with Crippen LogP contribution in [-0.4, -0.2) is 25.8 Å². The molecule has 1 aromatic carbocycles. The van der Waals surface area contributed by atoms with Crippen LogP contribution in [0.25, 0.3) is 0 Å². The fourth-order valence-electron chi connectivity index (χ4n) is 2.27. The Labute approximate surface area is 107 Å². The SMILES string of the molecule is Cc1cc(F)cc(C)c1S(=O)(=O)N1CC=CCC1. The Morgan fingerprint density at radius 2 is 1.78 bits per heavy atom. The van der Waals surface area contributed by atoms with Crippen LogP contribution in [-0.2, 0) is 10.0 Å². The standard InChI is InChI=1S/C13H16FNO2S/c1-10-8-12(14)9-11(2)13(10)18(16,17)15-6-4-3-5-7-15/h3-4,8-9H,5-7H2,1-2H3. The van der Waals surface area contributed by atoms with E-state index in [-0.39, 0.29) is 4.90 Å². The third-order valence-electron chi connectivity index (χ3n) is 3.04. The molecular formula is C13H16FNO2S. The smallest absolute Gasteiger partial charge is 0.207 e. The lowest BCUT2D eigenvalue weighted by Gasteiger charge is -2.24. The van der Waals surface area contributed by atoms with Crippen LogP contribution in [0.15, 0.2) is 29.2 Å². The second-order valence-electron chi connectivity index (χ2n) is 4.49. The van der Waals surface area contributed by atoms with Crippen molar-refractivity contribution >= 4 is 10.0 Å². The average Bonchev–Trinajstić information content (AvgIpc) is 2.28. The van der Waals surface area contributed by atoms with E-state index in [1.54, 1.807) is 13.8 Å². The molecule has 1 heterocycles. The fourth-order valence-corrected chi connectivity index (χ4v) is 4.09. The number of hydrogen-bond acceptors (Lipinski definition) is 2. The van der Waals surface area contributed by atoms with Crippen LogP contribution >= 0.6 is 0 Å². The fraction of sp³-hybridized carbons (Fsp3) is 0.385. The van der Waals surface area contributed by atoms with Crippen LogP contribution in [0, 0.1) is 19.7 Å². The zero-order chi connectivity index (χ0) is 13.3. The number of sulfonamides is 1. The van der Waals surface area contributed by atoms with Gasteiger partial charge in [0, 0.05) is 13.1 Å². The molecule has 0 unspecified atom stereocenters. The molecule has 0 aliphatic carbocycles. The van der Waals surface area contributed by atoms with E-state index in [1.165, 1.54) is 16.4 Å². The van der Waals surface area contributed by atoms with Gasteiger partial charge in [-0.25, -0.2) is 12.8 Å². The maximum atomic E-state index is 13.2. The molecule has 0 aromatic heterocycles. The highest BCUT2D eigenvalue weighted by molar-refractivity contribution is 7.89. The van der Waals surface area contributed by atoms with E-state index in [9.17, 15) is 12.8 Å². The zero-order valence-electron chi connectivity index (χ0n) is 10.5. The van der Waals surface area contributed by atoms with Crippen molar-refractivity contribution in [2.24, 2.45) is 0 Å². The minimum absolute atomic E-state index is 0.235. The van der Waals surface area contributed by atoms with E-state index < -0.39 is 15.8 Å². The summed E-state index contributed by atoms with van der Waals surface area (Å²) in [5.74, 6) is -0.400. The highest BCUT2D eigenvalue weighted by Gasteiger charge is 2.27. The van der Waals surface area contributed by atoms with E-state index in [0.717, 1.165) is 6.42 Å². The summed E-state index contributed by atoms with van der Waals surface area (Å²) in [6, 6.07) is 2.53. The van der Waals surface area contributed by atoms with E-state index in [4.69, 9.17) is 0 Å². The maximum Gasteiger partial charge on any atom is 0.243 e. The molecule has 3 nitrogen and oxygen atoms in total. The molecule has 0 saturated heterocycles. The van der Waals surface area contributed by atoms with Crippen molar-refractivity contribution in [1.82, 2.24) is 4.31 Å². The number of benzene rings is 1. The van der Waals surface area contributed by atoms with Crippen LogP contribution in [0.3, 0.4) is 0 Å². The van der Waals surface area contributed by atoms with Gasteiger partial charge in [-0.3, -0.25) is 0 Å². The number of rotatable bonds is 2. The molecule has 1 aromatic rings. The summed E-state index contributed by atoms with van der Waals surface area (Å²) in [6.07, 6.45) is 4.53. The van der Waals surface area contributed by atoms with Crippen molar-refractivity contribution in [3.63, 3.8) is 0 Å². The van der Waals surface area contributed by atoms with Crippen molar-refractivity contribution in [3.05, 3.63) is 41.2 Å². The molecule has 1 aliphatic heterocycles. The summed E-state index contributed by atoms with van der Waals surface area (Å²) in [5.41, 5.74) is 0.920. The Bertz CT molecular complexity index is 570. The Morgan fingerprint density at radius 1 is 1.17 bits per heavy atom. The first-order valence-corrected chi connectivity index (χ1v) is 7.29. The van der Waals surface area contributed by atoms with Crippen molar-refractivity contribution in [2.75, 3.05) is 13.1 Å². The lowest BCUT2D eigenvalue weighted by atomic mass is 10.1. The van der Waals surface area contributed by atoms with Gasteiger partial charge in [0.1, 0.15) is 5.82 Å². The number of aryl methyl sites for hydroxylation is 2. The lowest BCUT2D eigenvalue weighted by Crippen LogP contribution is -2.34. The van der Waals surface area contributed by atoms with E-state index in [0.29, 0.717) is 24.2 Å². The average molecular weight is 269 g/mol. The van der Waals surface area contributed by atoms with Gasteiger partial charge in [0.15, 0.2) is 0 Å². The maximum absolute atomic E-state index is 13.2. The second-order valence-corrected chi connectivity index (χ2v) is 6.37. The molecule has 18 heavy (non-hydrogen) atoms. The minimum Gasteiger partial charge on any atom is -0.207 e. The van der Waals surface area contributed by atoms with Crippen LogP contribution in [0.2, 0.25) is 0 Å².